The molecule has 1 N–H and O–H groups in total. The van der Waals surface area contributed by atoms with Crippen molar-refractivity contribution in [1.29, 1.82) is 0 Å². The van der Waals surface area contributed by atoms with Crippen LogP contribution < -0.4 is 5.32 Å². The van der Waals surface area contributed by atoms with E-state index in [0.717, 1.165) is 0 Å². The van der Waals surface area contributed by atoms with Crippen LogP contribution in [0.4, 0.5) is 5.69 Å². The predicted molar refractivity (Wildman–Crippen MR) is 75.4 cm³/mol. The third-order valence-corrected chi connectivity index (χ3v) is 2.94. The van der Waals surface area contributed by atoms with Crippen LogP contribution in [0.1, 0.15) is 23.2 Å². The fourth-order valence-electron chi connectivity index (χ4n) is 1.44. The molecule has 0 saturated heterocycles. The molecule has 0 radical (unpaired) electrons. The van der Waals surface area contributed by atoms with Crippen LogP contribution in [0.15, 0.2) is 22.7 Å². The molecule has 0 spiro atoms. The maximum atomic E-state index is 11.7. The molecule has 0 aliphatic rings. The summed E-state index contributed by atoms with van der Waals surface area (Å²) in [5, 5.41) is 2.57. The lowest BCUT2D eigenvalue weighted by Crippen LogP contribution is -2.16. The predicted octanol–water partition coefficient (Wildman–Crippen LogP) is 2.13. The first-order valence-corrected chi connectivity index (χ1v) is 6.51. The van der Waals surface area contributed by atoms with Crippen molar-refractivity contribution in [2.24, 2.45) is 0 Å². The maximum Gasteiger partial charge on any atom is 0.339 e. The van der Waals surface area contributed by atoms with Crippen molar-refractivity contribution in [1.82, 2.24) is 0 Å². The van der Waals surface area contributed by atoms with Gasteiger partial charge in [-0.3, -0.25) is 9.59 Å². The molecule has 0 fully saturated rings. The highest BCUT2D eigenvalue weighted by Gasteiger charge is 2.15. The van der Waals surface area contributed by atoms with E-state index < -0.39 is 17.8 Å². The Bertz CT molecular complexity index is 529. The molecule has 0 aromatic heterocycles. The van der Waals surface area contributed by atoms with E-state index in [2.05, 4.69) is 30.7 Å². The van der Waals surface area contributed by atoms with Gasteiger partial charge in [0.25, 0.3) is 0 Å². The molecule has 0 aliphatic carbocycles. The lowest BCUT2D eigenvalue weighted by Gasteiger charge is -2.10. The minimum atomic E-state index is -0.555. The Morgan fingerprint density at radius 1 is 1.15 bits per heavy atom. The molecule has 20 heavy (non-hydrogen) atoms. The number of carbonyl (C=O) groups is 3. The summed E-state index contributed by atoms with van der Waals surface area (Å²) in [4.78, 5) is 34.3. The molecular formula is C13H14BrNO5. The number of carbonyl (C=O) groups excluding carboxylic acids is 3. The Kier molecular flexibility index (Phi) is 6.17. The van der Waals surface area contributed by atoms with Crippen LogP contribution in [0.5, 0.6) is 0 Å². The Morgan fingerprint density at radius 2 is 1.85 bits per heavy atom. The number of amides is 1. The lowest BCUT2D eigenvalue weighted by atomic mass is 10.1. The fourth-order valence-corrected chi connectivity index (χ4v) is 1.80. The number of hydrogen-bond donors (Lipinski definition) is 1. The molecule has 6 nitrogen and oxygen atoms in total. The summed E-state index contributed by atoms with van der Waals surface area (Å²) in [6.45, 7) is 0. The highest BCUT2D eigenvalue weighted by Crippen LogP contribution is 2.22. The highest BCUT2D eigenvalue weighted by molar-refractivity contribution is 9.10. The van der Waals surface area contributed by atoms with E-state index in [9.17, 15) is 14.4 Å². The van der Waals surface area contributed by atoms with E-state index in [1.165, 1.54) is 20.3 Å². The molecule has 1 aromatic carbocycles. The molecule has 0 atom stereocenters. The average molecular weight is 344 g/mol. The van der Waals surface area contributed by atoms with Gasteiger partial charge in [0.05, 0.1) is 31.9 Å². The summed E-state index contributed by atoms with van der Waals surface area (Å²) < 4.78 is 9.79. The van der Waals surface area contributed by atoms with E-state index in [0.29, 0.717) is 10.2 Å². The van der Waals surface area contributed by atoms with Crippen molar-refractivity contribution in [2.45, 2.75) is 12.8 Å². The largest absolute Gasteiger partial charge is 0.469 e. The second kappa shape index (κ2) is 7.64. The molecule has 0 unspecified atom stereocenters. The van der Waals surface area contributed by atoms with E-state index in [1.54, 1.807) is 12.1 Å². The summed E-state index contributed by atoms with van der Waals surface area (Å²) in [7, 11) is 2.51. The van der Waals surface area contributed by atoms with Crippen molar-refractivity contribution >= 4 is 39.5 Å². The van der Waals surface area contributed by atoms with Crippen LogP contribution in [0.3, 0.4) is 0 Å². The first-order chi connectivity index (χ1) is 9.47. The third kappa shape index (κ3) is 4.65. The quantitative estimate of drug-likeness (QED) is 0.828. The van der Waals surface area contributed by atoms with Crippen LogP contribution in [0, 0.1) is 0 Å². The van der Waals surface area contributed by atoms with E-state index in [4.69, 9.17) is 0 Å². The minimum Gasteiger partial charge on any atom is -0.469 e. The zero-order valence-electron chi connectivity index (χ0n) is 11.1. The van der Waals surface area contributed by atoms with Gasteiger partial charge in [-0.2, -0.15) is 0 Å². The first kappa shape index (κ1) is 16.2. The lowest BCUT2D eigenvalue weighted by molar-refractivity contribution is -0.141. The summed E-state index contributed by atoms with van der Waals surface area (Å²) in [6.07, 6.45) is -0.0519. The number of esters is 2. The van der Waals surface area contributed by atoms with Crippen LogP contribution >= 0.6 is 15.9 Å². The third-order valence-electron chi connectivity index (χ3n) is 2.44. The van der Waals surface area contributed by atoms with Gasteiger partial charge in [0.1, 0.15) is 0 Å². The van der Waals surface area contributed by atoms with E-state index in [-0.39, 0.29) is 18.4 Å². The van der Waals surface area contributed by atoms with Gasteiger partial charge in [0.2, 0.25) is 5.91 Å². The molecular weight excluding hydrogens is 330 g/mol. The zero-order valence-corrected chi connectivity index (χ0v) is 12.7. The molecule has 0 heterocycles. The number of rotatable bonds is 5. The topological polar surface area (TPSA) is 81.7 Å². The van der Waals surface area contributed by atoms with Crippen molar-refractivity contribution < 1.29 is 23.9 Å². The Hall–Kier alpha value is -1.89. The number of hydrogen-bond acceptors (Lipinski definition) is 5. The molecule has 0 bridgehead atoms. The van der Waals surface area contributed by atoms with Gasteiger partial charge in [-0.1, -0.05) is 15.9 Å². The fraction of sp³-hybridized carbons (Fsp3) is 0.308. The molecule has 0 saturated carbocycles. The zero-order chi connectivity index (χ0) is 15.1. The van der Waals surface area contributed by atoms with Crippen LogP contribution in [0.2, 0.25) is 0 Å². The highest BCUT2D eigenvalue weighted by atomic mass is 79.9. The van der Waals surface area contributed by atoms with E-state index >= 15 is 0 Å². The van der Waals surface area contributed by atoms with Crippen LogP contribution in [-0.2, 0) is 19.1 Å². The van der Waals surface area contributed by atoms with Crippen molar-refractivity contribution in [2.75, 3.05) is 19.5 Å². The second-order valence-electron chi connectivity index (χ2n) is 3.81. The second-order valence-corrected chi connectivity index (χ2v) is 4.72. The van der Waals surface area contributed by atoms with Gasteiger partial charge >= 0.3 is 11.9 Å². The van der Waals surface area contributed by atoms with Gasteiger partial charge in [-0.05, 0) is 18.2 Å². The number of ether oxygens (including phenoxy) is 2. The molecule has 1 rings (SSSR count). The number of benzene rings is 1. The number of anilines is 1. The average Bonchev–Trinajstić information content (AvgIpc) is 2.44. The Morgan fingerprint density at radius 3 is 2.45 bits per heavy atom. The summed E-state index contributed by atoms with van der Waals surface area (Å²) in [5.41, 5.74) is 0.559. The monoisotopic (exact) mass is 343 g/mol. The Balaban J connectivity index is 2.80. The summed E-state index contributed by atoms with van der Waals surface area (Å²) >= 11 is 3.25. The van der Waals surface area contributed by atoms with Crippen LogP contribution in [0.25, 0.3) is 0 Å². The van der Waals surface area contributed by atoms with Gasteiger partial charge in [-0.25, -0.2) is 4.79 Å². The number of methoxy groups -OCH3 is 2. The minimum absolute atomic E-state index is 0.0239. The normalized spacial score (nSPS) is 9.75. The van der Waals surface area contributed by atoms with E-state index in [1.807, 2.05) is 0 Å². The summed E-state index contributed by atoms with van der Waals surface area (Å²) in [6, 6.07) is 4.78. The molecule has 108 valence electrons. The standard InChI is InChI=1S/C13H14BrNO5/c1-19-12(17)6-5-11(16)15-10-7-8(14)3-4-9(10)13(18)20-2/h3-4,7H,5-6H2,1-2H3,(H,15,16). The first-order valence-electron chi connectivity index (χ1n) is 5.72. The van der Waals surface area contributed by atoms with Crippen molar-refractivity contribution in [3.8, 4) is 0 Å². The summed E-state index contributed by atoms with van der Waals surface area (Å²) in [5.74, 6) is -1.41. The maximum absolute atomic E-state index is 11.7. The van der Waals surface area contributed by atoms with Crippen molar-refractivity contribution in [3.05, 3.63) is 28.2 Å². The molecule has 1 amide bonds. The van der Waals surface area contributed by atoms with Gasteiger partial charge < -0.3 is 14.8 Å². The van der Waals surface area contributed by atoms with Crippen molar-refractivity contribution in [3.63, 3.8) is 0 Å². The van der Waals surface area contributed by atoms with Gasteiger partial charge in [-0.15, -0.1) is 0 Å². The SMILES string of the molecule is COC(=O)CCC(=O)Nc1cc(Br)ccc1C(=O)OC. The number of nitrogens with one attached hydrogen (secondary N) is 1. The molecule has 1 aromatic rings. The van der Waals surface area contributed by atoms with Gasteiger partial charge in [0.15, 0.2) is 0 Å². The van der Waals surface area contributed by atoms with Gasteiger partial charge in [0, 0.05) is 10.9 Å². The van der Waals surface area contributed by atoms with Crippen LogP contribution in [-0.4, -0.2) is 32.1 Å². The smallest absolute Gasteiger partial charge is 0.339 e. The Labute approximate surface area is 124 Å². The molecule has 7 heteroatoms. The number of halogens is 1. The molecule has 0 aliphatic heterocycles.